The number of hydrogen-bond donors (Lipinski definition) is 1. The minimum Gasteiger partial charge on any atom is -0.376 e. The van der Waals surface area contributed by atoms with Gasteiger partial charge in [-0.25, -0.2) is 4.68 Å². The van der Waals surface area contributed by atoms with Crippen molar-refractivity contribution >= 4 is 17.5 Å². The van der Waals surface area contributed by atoms with Crippen LogP contribution in [0.15, 0.2) is 41.2 Å². The lowest BCUT2D eigenvalue weighted by Crippen LogP contribution is -2.33. The topological polar surface area (TPSA) is 73.2 Å². The van der Waals surface area contributed by atoms with Crippen LogP contribution in [0.3, 0.4) is 0 Å². The molecule has 0 radical (unpaired) electrons. The molecule has 1 aliphatic rings. The third-order valence-corrected chi connectivity index (χ3v) is 4.36. The molecule has 1 N–H and O–H groups in total. The van der Waals surface area contributed by atoms with Gasteiger partial charge >= 0.3 is 0 Å². The van der Waals surface area contributed by atoms with Crippen molar-refractivity contribution in [3.8, 4) is 11.3 Å². The maximum atomic E-state index is 12.0. The zero-order valence-corrected chi connectivity index (χ0v) is 14.5. The number of aryl methyl sites for hydroxylation is 1. The number of benzene rings is 1. The van der Waals surface area contributed by atoms with Crippen molar-refractivity contribution < 1.29 is 9.53 Å². The third-order valence-electron chi connectivity index (χ3n) is 4.11. The highest BCUT2D eigenvalue weighted by Gasteiger charge is 2.16. The van der Waals surface area contributed by atoms with E-state index in [4.69, 9.17) is 16.3 Å². The van der Waals surface area contributed by atoms with E-state index in [1.807, 2.05) is 12.1 Å². The van der Waals surface area contributed by atoms with Crippen LogP contribution in [0.5, 0.6) is 0 Å². The number of amides is 1. The standard InChI is InChI=1S/C18H20ClN3O3/c19-14-5-3-13(4-6-14)16-7-8-18(24)22(21-16)10-9-17(23)20-12-15-2-1-11-25-15/h3-8,15H,1-2,9-12H2,(H,20,23). The second-order valence-electron chi connectivity index (χ2n) is 5.98. The predicted molar refractivity (Wildman–Crippen MR) is 95.5 cm³/mol. The molecule has 0 spiro atoms. The molecule has 0 aliphatic carbocycles. The molecule has 1 fully saturated rings. The summed E-state index contributed by atoms with van der Waals surface area (Å²) in [4.78, 5) is 23.9. The minimum absolute atomic E-state index is 0.109. The fourth-order valence-corrected chi connectivity index (χ4v) is 2.84. The summed E-state index contributed by atoms with van der Waals surface area (Å²) in [5.74, 6) is -0.110. The van der Waals surface area contributed by atoms with Gasteiger partial charge in [-0.2, -0.15) is 5.10 Å². The SMILES string of the molecule is O=C(CCn1nc(-c2ccc(Cl)cc2)ccc1=O)NCC1CCCO1. The van der Waals surface area contributed by atoms with Gasteiger partial charge in [0.05, 0.1) is 18.3 Å². The van der Waals surface area contributed by atoms with Crippen molar-refractivity contribution in [2.75, 3.05) is 13.2 Å². The number of halogens is 1. The van der Waals surface area contributed by atoms with Gasteiger partial charge in [-0.3, -0.25) is 9.59 Å². The number of aromatic nitrogens is 2. The summed E-state index contributed by atoms with van der Waals surface area (Å²) in [5, 5.41) is 7.82. The van der Waals surface area contributed by atoms with Gasteiger partial charge in [-0.05, 0) is 31.0 Å². The Morgan fingerprint density at radius 1 is 1.28 bits per heavy atom. The predicted octanol–water partition coefficient (Wildman–Crippen LogP) is 2.25. The largest absolute Gasteiger partial charge is 0.376 e. The number of hydrogen-bond acceptors (Lipinski definition) is 4. The lowest BCUT2D eigenvalue weighted by molar-refractivity contribution is -0.121. The summed E-state index contributed by atoms with van der Waals surface area (Å²) < 4.78 is 6.78. The Hall–Kier alpha value is -2.18. The molecule has 1 aromatic carbocycles. The van der Waals surface area contributed by atoms with Crippen LogP contribution in [0.25, 0.3) is 11.3 Å². The summed E-state index contributed by atoms with van der Waals surface area (Å²) in [6.45, 7) is 1.51. The molecule has 0 saturated carbocycles. The van der Waals surface area contributed by atoms with Gasteiger partial charge in [0.1, 0.15) is 0 Å². The van der Waals surface area contributed by atoms with Gasteiger partial charge in [0.25, 0.3) is 5.56 Å². The van der Waals surface area contributed by atoms with Crippen molar-refractivity contribution in [1.29, 1.82) is 0 Å². The van der Waals surface area contributed by atoms with Crippen molar-refractivity contribution in [2.24, 2.45) is 0 Å². The van der Waals surface area contributed by atoms with E-state index in [-0.39, 0.29) is 30.5 Å². The molecule has 2 aromatic rings. The molecule has 2 heterocycles. The molecule has 132 valence electrons. The second kappa shape index (κ2) is 8.27. The molecular formula is C18H20ClN3O3. The first kappa shape index (κ1) is 17.6. The van der Waals surface area contributed by atoms with Crippen LogP contribution in [-0.4, -0.2) is 34.9 Å². The van der Waals surface area contributed by atoms with Crippen molar-refractivity contribution in [3.63, 3.8) is 0 Å². The summed E-state index contributed by atoms with van der Waals surface area (Å²) in [7, 11) is 0. The fraction of sp³-hybridized carbons (Fsp3) is 0.389. The van der Waals surface area contributed by atoms with Gasteiger partial charge in [-0.15, -0.1) is 0 Å². The van der Waals surface area contributed by atoms with E-state index in [2.05, 4.69) is 10.4 Å². The Kier molecular flexibility index (Phi) is 5.83. The molecule has 6 nitrogen and oxygen atoms in total. The highest BCUT2D eigenvalue weighted by Crippen LogP contribution is 2.18. The molecule has 1 aromatic heterocycles. The van der Waals surface area contributed by atoms with Gasteiger partial charge < -0.3 is 10.1 Å². The summed E-state index contributed by atoms with van der Waals surface area (Å²) in [5.41, 5.74) is 1.29. The minimum atomic E-state index is -0.232. The van der Waals surface area contributed by atoms with E-state index in [1.165, 1.54) is 10.7 Å². The Morgan fingerprint density at radius 2 is 2.08 bits per heavy atom. The quantitative estimate of drug-likeness (QED) is 0.856. The van der Waals surface area contributed by atoms with Crippen LogP contribution < -0.4 is 10.9 Å². The summed E-state index contributed by atoms with van der Waals surface area (Å²) in [6.07, 6.45) is 2.32. The molecule has 1 amide bonds. The van der Waals surface area contributed by atoms with Crippen LogP contribution in [0, 0.1) is 0 Å². The van der Waals surface area contributed by atoms with E-state index in [1.54, 1.807) is 18.2 Å². The first-order valence-electron chi connectivity index (χ1n) is 8.34. The van der Waals surface area contributed by atoms with Crippen molar-refractivity contribution in [2.45, 2.75) is 31.9 Å². The van der Waals surface area contributed by atoms with E-state index < -0.39 is 0 Å². The highest BCUT2D eigenvalue weighted by atomic mass is 35.5. The molecule has 7 heteroatoms. The van der Waals surface area contributed by atoms with E-state index in [0.717, 1.165) is 25.0 Å². The lowest BCUT2D eigenvalue weighted by Gasteiger charge is -2.11. The Labute approximate surface area is 150 Å². The average Bonchev–Trinajstić information content (AvgIpc) is 3.13. The molecule has 1 saturated heterocycles. The van der Waals surface area contributed by atoms with Crippen molar-refractivity contribution in [1.82, 2.24) is 15.1 Å². The Morgan fingerprint density at radius 3 is 2.80 bits per heavy atom. The Balaban J connectivity index is 1.59. The zero-order chi connectivity index (χ0) is 17.6. The van der Waals surface area contributed by atoms with E-state index in [9.17, 15) is 9.59 Å². The zero-order valence-electron chi connectivity index (χ0n) is 13.8. The van der Waals surface area contributed by atoms with Crippen LogP contribution in [-0.2, 0) is 16.1 Å². The normalized spacial score (nSPS) is 16.8. The maximum absolute atomic E-state index is 12.0. The number of nitrogens with one attached hydrogen (secondary N) is 1. The first-order chi connectivity index (χ1) is 12.1. The van der Waals surface area contributed by atoms with Crippen LogP contribution in [0.2, 0.25) is 5.02 Å². The van der Waals surface area contributed by atoms with Crippen molar-refractivity contribution in [3.05, 3.63) is 51.8 Å². The molecule has 1 unspecified atom stereocenters. The Bertz CT molecular complexity index is 783. The number of carbonyl (C=O) groups excluding carboxylic acids is 1. The van der Waals surface area contributed by atoms with E-state index in [0.29, 0.717) is 17.3 Å². The third kappa shape index (κ3) is 4.90. The number of nitrogens with zero attached hydrogens (tertiary/aromatic N) is 2. The van der Waals surface area contributed by atoms with Crippen LogP contribution >= 0.6 is 11.6 Å². The molecule has 3 rings (SSSR count). The van der Waals surface area contributed by atoms with Gasteiger partial charge in [0.2, 0.25) is 5.91 Å². The number of ether oxygens (including phenoxy) is 1. The number of carbonyl (C=O) groups is 1. The molecule has 0 bridgehead atoms. The highest BCUT2D eigenvalue weighted by molar-refractivity contribution is 6.30. The van der Waals surface area contributed by atoms with E-state index >= 15 is 0 Å². The monoisotopic (exact) mass is 361 g/mol. The van der Waals surface area contributed by atoms with Crippen LogP contribution in [0.4, 0.5) is 0 Å². The molecular weight excluding hydrogens is 342 g/mol. The fourth-order valence-electron chi connectivity index (χ4n) is 2.71. The molecule has 25 heavy (non-hydrogen) atoms. The lowest BCUT2D eigenvalue weighted by atomic mass is 10.1. The first-order valence-corrected chi connectivity index (χ1v) is 8.72. The summed E-state index contributed by atoms with van der Waals surface area (Å²) >= 11 is 5.89. The molecule has 1 atom stereocenters. The summed E-state index contributed by atoms with van der Waals surface area (Å²) in [6, 6.07) is 10.3. The van der Waals surface area contributed by atoms with Gasteiger partial charge in [0, 0.05) is 36.2 Å². The number of rotatable bonds is 6. The average molecular weight is 362 g/mol. The van der Waals surface area contributed by atoms with Gasteiger partial charge in [0.15, 0.2) is 0 Å². The smallest absolute Gasteiger partial charge is 0.266 e. The van der Waals surface area contributed by atoms with Gasteiger partial charge in [-0.1, -0.05) is 23.7 Å². The van der Waals surface area contributed by atoms with Crippen LogP contribution in [0.1, 0.15) is 19.3 Å². The maximum Gasteiger partial charge on any atom is 0.266 e. The second-order valence-corrected chi connectivity index (χ2v) is 6.41. The molecule has 1 aliphatic heterocycles.